The molecule has 0 fully saturated rings. The molecule has 0 atom stereocenters. The smallest absolute Gasteiger partial charge is 0.305 e. The van der Waals surface area contributed by atoms with Gasteiger partial charge in [0.1, 0.15) is 0 Å². The third-order valence-corrected chi connectivity index (χ3v) is 1.89. The molecular weight excluding hydrogens is 210 g/mol. The summed E-state index contributed by atoms with van der Waals surface area (Å²) in [7, 11) is 1.00. The van der Waals surface area contributed by atoms with Gasteiger partial charge in [0.2, 0.25) is 0 Å². The third-order valence-electron chi connectivity index (χ3n) is 1.89. The molecule has 0 aromatic heterocycles. The molecule has 0 rings (SSSR count). The first-order chi connectivity index (χ1) is 7.31. The number of ether oxygens (including phenoxy) is 1. The van der Waals surface area contributed by atoms with Crippen LogP contribution < -0.4 is 5.73 Å². The Morgan fingerprint density at radius 3 is 2.12 bits per heavy atom. The largest absolute Gasteiger partial charge is 0.466 e. The Morgan fingerprint density at radius 2 is 1.62 bits per heavy atom. The first-order valence-corrected chi connectivity index (χ1v) is 5.61. The van der Waals surface area contributed by atoms with E-state index in [1.807, 2.05) is 6.92 Å². The highest BCUT2D eigenvalue weighted by atomic mass is 16.5. The molecule has 0 aliphatic carbocycles. The molecule has 0 saturated heterocycles. The predicted octanol–water partition coefficient (Wildman–Crippen LogP) is 0.633. The number of esters is 1. The lowest BCUT2D eigenvalue weighted by Crippen LogP contribution is -2.03. The van der Waals surface area contributed by atoms with E-state index in [0.29, 0.717) is 13.0 Å². The van der Waals surface area contributed by atoms with Crippen molar-refractivity contribution < 1.29 is 20.1 Å². The van der Waals surface area contributed by atoms with E-state index >= 15 is 0 Å². The van der Waals surface area contributed by atoms with Gasteiger partial charge in [0.15, 0.2) is 0 Å². The molecule has 0 aliphatic heterocycles. The fraction of sp³-hybridized carbons (Fsp3) is 0.909. The van der Waals surface area contributed by atoms with Crippen LogP contribution in [0.4, 0.5) is 0 Å². The zero-order chi connectivity index (χ0) is 11.9. The van der Waals surface area contributed by atoms with Crippen LogP contribution in [-0.4, -0.2) is 36.8 Å². The van der Waals surface area contributed by atoms with Gasteiger partial charge in [-0.1, -0.05) is 19.3 Å². The minimum Gasteiger partial charge on any atom is -0.466 e. The summed E-state index contributed by atoms with van der Waals surface area (Å²) < 4.78 is 4.81. The zero-order valence-electron chi connectivity index (χ0n) is 10.5. The van der Waals surface area contributed by atoms with Crippen LogP contribution in [0.15, 0.2) is 0 Å². The Balaban J connectivity index is -0.000000529. The van der Waals surface area contributed by atoms with Gasteiger partial charge < -0.3 is 21.1 Å². The Labute approximate surface area is 98.3 Å². The number of unbranched alkanes of at least 4 members (excludes halogenated alkanes) is 4. The van der Waals surface area contributed by atoms with Gasteiger partial charge in [-0.2, -0.15) is 0 Å². The highest BCUT2D eigenvalue weighted by Gasteiger charge is 1.99. The number of carbonyl (C=O) groups excluding carboxylic acids is 1. The Morgan fingerprint density at radius 1 is 1.12 bits per heavy atom. The van der Waals surface area contributed by atoms with Gasteiger partial charge >= 0.3 is 5.97 Å². The van der Waals surface area contributed by atoms with E-state index in [9.17, 15) is 4.79 Å². The lowest BCUT2D eigenvalue weighted by atomic mass is 10.1. The normalized spacial score (nSPS) is 8.50. The Bertz CT molecular complexity index is 131. The third kappa shape index (κ3) is 19.0. The van der Waals surface area contributed by atoms with Gasteiger partial charge in [-0.15, -0.1) is 0 Å². The Kier molecular flexibility index (Phi) is 25.7. The average molecular weight is 237 g/mol. The van der Waals surface area contributed by atoms with E-state index in [-0.39, 0.29) is 11.4 Å². The maximum Gasteiger partial charge on any atom is 0.305 e. The van der Waals surface area contributed by atoms with E-state index in [0.717, 1.165) is 32.9 Å². The predicted molar refractivity (Wildman–Crippen MR) is 65.1 cm³/mol. The van der Waals surface area contributed by atoms with E-state index in [2.05, 4.69) is 0 Å². The number of aliphatic hydroxyl groups is 1. The molecule has 0 aromatic carbocycles. The summed E-state index contributed by atoms with van der Waals surface area (Å²) in [6, 6.07) is 0. The van der Waals surface area contributed by atoms with Gasteiger partial charge in [0, 0.05) is 13.5 Å². The van der Waals surface area contributed by atoms with Crippen LogP contribution in [0.2, 0.25) is 0 Å². The standard InChI is InChI=1S/C10H21NO2.CH4O.H2O/c1-2-13-10(12)8-6-4-3-5-7-9-11;1-2;/h2-9,11H2,1H3;2H,1H3;1H2. The summed E-state index contributed by atoms with van der Waals surface area (Å²) in [6.45, 7) is 3.10. The van der Waals surface area contributed by atoms with Crippen molar-refractivity contribution in [3.63, 3.8) is 0 Å². The van der Waals surface area contributed by atoms with Crippen LogP contribution in [0.25, 0.3) is 0 Å². The highest BCUT2D eigenvalue weighted by molar-refractivity contribution is 5.69. The molecule has 0 aliphatic rings. The second-order valence-electron chi connectivity index (χ2n) is 3.11. The van der Waals surface area contributed by atoms with Crippen molar-refractivity contribution in [2.24, 2.45) is 5.73 Å². The molecule has 0 spiro atoms. The van der Waals surface area contributed by atoms with E-state index in [1.165, 1.54) is 12.8 Å². The molecule has 5 nitrogen and oxygen atoms in total. The van der Waals surface area contributed by atoms with E-state index in [1.54, 1.807) is 0 Å². The molecule has 0 saturated carbocycles. The van der Waals surface area contributed by atoms with Crippen molar-refractivity contribution in [1.29, 1.82) is 0 Å². The molecule has 0 aromatic rings. The van der Waals surface area contributed by atoms with Crippen LogP contribution >= 0.6 is 0 Å². The quantitative estimate of drug-likeness (QED) is 0.477. The van der Waals surface area contributed by atoms with E-state index in [4.69, 9.17) is 15.6 Å². The fourth-order valence-electron chi connectivity index (χ4n) is 1.18. The van der Waals surface area contributed by atoms with Crippen molar-refractivity contribution in [1.82, 2.24) is 0 Å². The zero-order valence-corrected chi connectivity index (χ0v) is 10.5. The van der Waals surface area contributed by atoms with Crippen LogP contribution in [-0.2, 0) is 9.53 Å². The number of hydrogen-bond acceptors (Lipinski definition) is 4. The van der Waals surface area contributed by atoms with Crippen LogP contribution in [0.1, 0.15) is 45.4 Å². The van der Waals surface area contributed by atoms with Gasteiger partial charge in [-0.3, -0.25) is 4.79 Å². The van der Waals surface area contributed by atoms with Crippen molar-refractivity contribution in [2.75, 3.05) is 20.3 Å². The SMILES string of the molecule is CCOC(=O)CCCCCCCN.CO.O. The monoisotopic (exact) mass is 237 g/mol. The number of nitrogens with two attached hydrogens (primary N) is 1. The highest BCUT2D eigenvalue weighted by Crippen LogP contribution is 2.05. The molecule has 0 radical (unpaired) electrons. The summed E-state index contributed by atoms with van der Waals surface area (Å²) in [6.07, 6.45) is 6.08. The lowest BCUT2D eigenvalue weighted by molar-refractivity contribution is -0.143. The maximum atomic E-state index is 10.9. The molecule has 0 unspecified atom stereocenters. The molecule has 100 valence electrons. The minimum atomic E-state index is -0.0682. The van der Waals surface area contributed by atoms with E-state index < -0.39 is 0 Å². The van der Waals surface area contributed by atoms with Gasteiger partial charge in [0.05, 0.1) is 6.61 Å². The number of aliphatic hydroxyl groups excluding tert-OH is 1. The minimum absolute atomic E-state index is 0. The molecule has 0 heterocycles. The Hall–Kier alpha value is -0.650. The summed E-state index contributed by atoms with van der Waals surface area (Å²) in [5.41, 5.74) is 5.36. The van der Waals surface area contributed by atoms with Crippen LogP contribution in [0.3, 0.4) is 0 Å². The molecule has 0 bridgehead atoms. The first kappa shape index (κ1) is 20.7. The topological polar surface area (TPSA) is 104 Å². The van der Waals surface area contributed by atoms with Crippen molar-refractivity contribution in [3.05, 3.63) is 0 Å². The fourth-order valence-corrected chi connectivity index (χ4v) is 1.18. The van der Waals surface area contributed by atoms with Crippen molar-refractivity contribution >= 4 is 5.97 Å². The van der Waals surface area contributed by atoms with Gasteiger partial charge in [-0.25, -0.2) is 0 Å². The second-order valence-corrected chi connectivity index (χ2v) is 3.11. The molecule has 16 heavy (non-hydrogen) atoms. The molecule has 5 heteroatoms. The van der Waals surface area contributed by atoms with Crippen molar-refractivity contribution in [3.8, 4) is 0 Å². The molecular formula is C11H27NO4. The summed E-state index contributed by atoms with van der Waals surface area (Å²) in [4.78, 5) is 10.9. The van der Waals surface area contributed by atoms with Crippen LogP contribution in [0, 0.1) is 0 Å². The number of carbonyl (C=O) groups is 1. The molecule has 5 N–H and O–H groups in total. The number of hydrogen-bond donors (Lipinski definition) is 2. The maximum absolute atomic E-state index is 10.9. The van der Waals surface area contributed by atoms with Crippen molar-refractivity contribution in [2.45, 2.75) is 45.4 Å². The summed E-state index contributed by atoms with van der Waals surface area (Å²) >= 11 is 0. The molecule has 0 amide bonds. The van der Waals surface area contributed by atoms with Crippen LogP contribution in [0.5, 0.6) is 0 Å². The van der Waals surface area contributed by atoms with Gasteiger partial charge in [-0.05, 0) is 26.3 Å². The number of rotatable bonds is 8. The van der Waals surface area contributed by atoms with Gasteiger partial charge in [0.25, 0.3) is 0 Å². The summed E-state index contributed by atoms with van der Waals surface area (Å²) in [5.74, 6) is -0.0682. The first-order valence-electron chi connectivity index (χ1n) is 5.61. The average Bonchev–Trinajstić information content (AvgIpc) is 2.26. The summed E-state index contributed by atoms with van der Waals surface area (Å²) in [5, 5.41) is 7.00. The lowest BCUT2D eigenvalue weighted by Gasteiger charge is -2.01. The second kappa shape index (κ2) is 19.9.